The first-order valence-corrected chi connectivity index (χ1v) is 9.83. The number of hydrogen-bond donors (Lipinski definition) is 0. The molecule has 1 aliphatic carbocycles. The predicted molar refractivity (Wildman–Crippen MR) is 105 cm³/mol. The molecule has 0 unspecified atom stereocenters. The molecule has 0 atom stereocenters. The fraction of sp³-hybridized carbons (Fsp3) is 0.286. The first-order chi connectivity index (χ1) is 13.2. The Morgan fingerprint density at radius 3 is 2.70 bits per heavy atom. The van der Waals surface area contributed by atoms with E-state index >= 15 is 0 Å². The highest BCUT2D eigenvalue weighted by atomic mass is 32.1. The molecule has 0 saturated heterocycles. The first-order valence-electron chi connectivity index (χ1n) is 9.02. The summed E-state index contributed by atoms with van der Waals surface area (Å²) in [6.07, 6.45) is 4.47. The number of hydrogen-bond acceptors (Lipinski definition) is 4. The summed E-state index contributed by atoms with van der Waals surface area (Å²) in [6.45, 7) is 0.0246. The molecule has 2 aromatic carbocycles. The summed E-state index contributed by atoms with van der Waals surface area (Å²) in [5.74, 6) is -0.658. The van der Waals surface area contributed by atoms with Crippen LogP contribution in [0.2, 0.25) is 0 Å². The zero-order chi connectivity index (χ0) is 18.8. The lowest BCUT2D eigenvalue weighted by Gasteiger charge is -2.15. The van der Waals surface area contributed by atoms with E-state index in [1.54, 1.807) is 4.57 Å². The summed E-state index contributed by atoms with van der Waals surface area (Å²) in [7, 11) is 1.35. The van der Waals surface area contributed by atoms with E-state index in [0.717, 1.165) is 29.5 Å². The fourth-order valence-electron chi connectivity index (χ4n) is 3.47. The summed E-state index contributed by atoms with van der Waals surface area (Å²) in [6, 6.07) is 13.6. The van der Waals surface area contributed by atoms with Gasteiger partial charge in [0, 0.05) is 5.56 Å². The van der Waals surface area contributed by atoms with Gasteiger partial charge in [-0.1, -0.05) is 29.5 Å². The lowest BCUT2D eigenvalue weighted by Crippen LogP contribution is -2.22. The third-order valence-electron chi connectivity index (χ3n) is 4.90. The number of methoxy groups -OCH3 is 1. The van der Waals surface area contributed by atoms with Gasteiger partial charge in [-0.05, 0) is 61.1 Å². The quantitative estimate of drug-likeness (QED) is 0.654. The highest BCUT2D eigenvalue weighted by Crippen LogP contribution is 2.23. The van der Waals surface area contributed by atoms with Crippen molar-refractivity contribution in [1.82, 2.24) is 4.57 Å². The fourth-order valence-corrected chi connectivity index (χ4v) is 4.50. The maximum Gasteiger partial charge on any atom is 0.325 e. The number of para-hydroxylation sites is 1. The largest absolute Gasteiger partial charge is 0.468 e. The van der Waals surface area contributed by atoms with Crippen LogP contribution in [0.15, 0.2) is 47.5 Å². The number of benzene rings is 2. The molecule has 0 bridgehead atoms. The van der Waals surface area contributed by atoms with Crippen LogP contribution in [0.3, 0.4) is 0 Å². The maximum atomic E-state index is 12.8. The average molecular weight is 380 g/mol. The third-order valence-corrected chi connectivity index (χ3v) is 5.96. The molecule has 5 nitrogen and oxygen atoms in total. The van der Waals surface area contributed by atoms with Crippen molar-refractivity contribution in [2.45, 2.75) is 32.2 Å². The van der Waals surface area contributed by atoms with Gasteiger partial charge in [-0.3, -0.25) is 9.59 Å². The number of amides is 1. The monoisotopic (exact) mass is 380 g/mol. The smallest absolute Gasteiger partial charge is 0.325 e. The molecule has 1 amide bonds. The predicted octanol–water partition coefficient (Wildman–Crippen LogP) is 3.50. The van der Waals surface area contributed by atoms with Gasteiger partial charge in [0.1, 0.15) is 6.54 Å². The lowest BCUT2D eigenvalue weighted by atomic mass is 9.90. The Bertz CT molecular complexity index is 1090. The van der Waals surface area contributed by atoms with Crippen LogP contribution < -0.4 is 4.80 Å². The van der Waals surface area contributed by atoms with Crippen molar-refractivity contribution in [1.29, 1.82) is 0 Å². The molecule has 0 N–H and O–H groups in total. The van der Waals surface area contributed by atoms with Crippen molar-refractivity contribution in [3.63, 3.8) is 0 Å². The van der Waals surface area contributed by atoms with E-state index < -0.39 is 0 Å². The number of ether oxygens (including phenoxy) is 1. The zero-order valence-corrected chi connectivity index (χ0v) is 15.9. The minimum Gasteiger partial charge on any atom is -0.468 e. The molecule has 0 radical (unpaired) electrons. The Kier molecular flexibility index (Phi) is 4.90. The molecular formula is C21H20N2O3S. The third kappa shape index (κ3) is 3.57. The maximum absolute atomic E-state index is 12.8. The Balaban J connectivity index is 1.76. The molecule has 0 fully saturated rings. The van der Waals surface area contributed by atoms with Gasteiger partial charge in [-0.15, -0.1) is 0 Å². The van der Waals surface area contributed by atoms with Crippen molar-refractivity contribution in [3.8, 4) is 0 Å². The van der Waals surface area contributed by atoms with E-state index in [2.05, 4.69) is 4.99 Å². The molecule has 27 heavy (non-hydrogen) atoms. The van der Waals surface area contributed by atoms with Crippen molar-refractivity contribution >= 4 is 33.4 Å². The number of fused-ring (bicyclic) bond motifs is 2. The van der Waals surface area contributed by atoms with Crippen LogP contribution in [0.4, 0.5) is 0 Å². The van der Waals surface area contributed by atoms with Crippen LogP contribution in [0.25, 0.3) is 10.2 Å². The van der Waals surface area contributed by atoms with E-state index in [-0.39, 0.29) is 18.4 Å². The van der Waals surface area contributed by atoms with Gasteiger partial charge in [0.2, 0.25) is 0 Å². The summed E-state index contributed by atoms with van der Waals surface area (Å²) < 4.78 is 7.51. The molecule has 0 spiro atoms. The number of aryl methyl sites for hydroxylation is 2. The molecule has 1 heterocycles. The summed E-state index contributed by atoms with van der Waals surface area (Å²) in [5, 5.41) is 0. The number of aromatic nitrogens is 1. The first kappa shape index (κ1) is 17.7. The molecule has 3 aromatic rings. The van der Waals surface area contributed by atoms with Gasteiger partial charge >= 0.3 is 5.97 Å². The Morgan fingerprint density at radius 1 is 1.11 bits per heavy atom. The number of esters is 1. The average Bonchev–Trinajstić information content (AvgIpc) is 3.04. The van der Waals surface area contributed by atoms with Crippen LogP contribution in [0.1, 0.15) is 34.3 Å². The number of thiazole rings is 1. The highest BCUT2D eigenvalue weighted by molar-refractivity contribution is 7.16. The van der Waals surface area contributed by atoms with Crippen molar-refractivity contribution in [2.75, 3.05) is 7.11 Å². The minimum atomic E-state index is -0.374. The molecular weight excluding hydrogens is 360 g/mol. The van der Waals surface area contributed by atoms with Crippen LogP contribution in [-0.2, 0) is 28.9 Å². The van der Waals surface area contributed by atoms with E-state index in [0.29, 0.717) is 10.4 Å². The second-order valence-corrected chi connectivity index (χ2v) is 7.63. The van der Waals surface area contributed by atoms with Crippen molar-refractivity contribution < 1.29 is 14.3 Å². The molecule has 4 rings (SSSR count). The minimum absolute atomic E-state index is 0.0246. The Labute approximate surface area is 160 Å². The van der Waals surface area contributed by atoms with Crippen molar-refractivity contribution in [3.05, 3.63) is 64.0 Å². The van der Waals surface area contributed by atoms with Crippen molar-refractivity contribution in [2.24, 2.45) is 4.99 Å². The topological polar surface area (TPSA) is 60.7 Å². The van der Waals surface area contributed by atoms with E-state index in [1.807, 2.05) is 42.5 Å². The van der Waals surface area contributed by atoms with Crippen LogP contribution in [-0.4, -0.2) is 23.6 Å². The Morgan fingerprint density at radius 2 is 1.89 bits per heavy atom. The van der Waals surface area contributed by atoms with Gasteiger partial charge in [-0.25, -0.2) is 0 Å². The van der Waals surface area contributed by atoms with E-state index in [1.165, 1.54) is 36.0 Å². The molecule has 0 aliphatic heterocycles. The van der Waals surface area contributed by atoms with Crippen LogP contribution in [0, 0.1) is 0 Å². The highest BCUT2D eigenvalue weighted by Gasteiger charge is 2.14. The van der Waals surface area contributed by atoms with Gasteiger partial charge in [0.05, 0.1) is 17.3 Å². The summed E-state index contributed by atoms with van der Waals surface area (Å²) in [4.78, 5) is 29.5. The lowest BCUT2D eigenvalue weighted by molar-refractivity contribution is -0.141. The second-order valence-electron chi connectivity index (χ2n) is 6.62. The van der Waals surface area contributed by atoms with Gasteiger partial charge in [0.15, 0.2) is 4.80 Å². The van der Waals surface area contributed by atoms with Gasteiger partial charge in [-0.2, -0.15) is 4.99 Å². The second kappa shape index (κ2) is 7.48. The number of carbonyl (C=O) groups is 2. The summed E-state index contributed by atoms with van der Waals surface area (Å²) >= 11 is 1.40. The number of carbonyl (C=O) groups excluding carboxylic acids is 2. The van der Waals surface area contributed by atoms with E-state index in [9.17, 15) is 9.59 Å². The standard InChI is InChI=1S/C21H20N2O3S/c1-26-19(24)13-23-17-8-4-5-9-18(17)27-21(23)22-20(25)16-11-10-14-6-2-3-7-15(14)12-16/h4-5,8-12H,2-3,6-7,13H2,1H3. The normalized spacial score (nSPS) is 14.2. The zero-order valence-electron chi connectivity index (χ0n) is 15.1. The number of rotatable bonds is 3. The Hall–Kier alpha value is -2.73. The summed E-state index contributed by atoms with van der Waals surface area (Å²) in [5.41, 5.74) is 4.05. The SMILES string of the molecule is COC(=O)Cn1c(=NC(=O)c2ccc3c(c2)CCCC3)sc2ccccc21. The molecule has 1 aliphatic rings. The van der Waals surface area contributed by atoms with E-state index in [4.69, 9.17) is 4.74 Å². The van der Waals surface area contributed by atoms with Crippen LogP contribution in [0.5, 0.6) is 0 Å². The molecule has 138 valence electrons. The van der Waals surface area contributed by atoms with Gasteiger partial charge in [0.25, 0.3) is 5.91 Å². The molecule has 6 heteroatoms. The number of nitrogens with zero attached hydrogens (tertiary/aromatic N) is 2. The molecule has 0 saturated carbocycles. The van der Waals surface area contributed by atoms with Crippen LogP contribution >= 0.6 is 11.3 Å². The molecule has 1 aromatic heterocycles. The van der Waals surface area contributed by atoms with Gasteiger partial charge < -0.3 is 9.30 Å².